The molecule has 1 heterocycles. The van der Waals surface area contributed by atoms with Crippen molar-refractivity contribution in [3.63, 3.8) is 0 Å². The van der Waals surface area contributed by atoms with E-state index in [4.69, 9.17) is 0 Å². The quantitative estimate of drug-likeness (QED) is 0.813. The van der Waals surface area contributed by atoms with E-state index >= 15 is 0 Å². The monoisotopic (exact) mass is 235 g/mol. The van der Waals surface area contributed by atoms with Crippen LogP contribution in [0.5, 0.6) is 0 Å². The average molecular weight is 235 g/mol. The van der Waals surface area contributed by atoms with Crippen molar-refractivity contribution < 1.29 is 9.18 Å². The standard InChI is InChI=1S/C14H18FNO/c1-10-2-4-13(15)12(8-10)14(17)5-3-11-6-7-16-9-11/h2,4,8,11,16H,3,5-7,9H2,1H3. The number of hydrogen-bond donors (Lipinski definition) is 1. The number of ketones is 1. The van der Waals surface area contributed by atoms with Crippen LogP contribution in [-0.2, 0) is 0 Å². The van der Waals surface area contributed by atoms with Crippen molar-refractivity contribution in [3.05, 3.63) is 35.1 Å². The zero-order valence-corrected chi connectivity index (χ0v) is 10.1. The van der Waals surface area contributed by atoms with E-state index in [9.17, 15) is 9.18 Å². The second-order valence-corrected chi connectivity index (χ2v) is 4.80. The van der Waals surface area contributed by atoms with Crippen molar-refractivity contribution in [2.24, 2.45) is 5.92 Å². The highest BCUT2D eigenvalue weighted by Crippen LogP contribution is 2.18. The molecular formula is C14H18FNO. The van der Waals surface area contributed by atoms with Gasteiger partial charge in [-0.15, -0.1) is 0 Å². The molecule has 1 aromatic rings. The molecule has 1 aliphatic heterocycles. The van der Waals surface area contributed by atoms with E-state index in [1.54, 1.807) is 12.1 Å². The van der Waals surface area contributed by atoms with Gasteiger partial charge >= 0.3 is 0 Å². The lowest BCUT2D eigenvalue weighted by Crippen LogP contribution is -2.11. The lowest BCUT2D eigenvalue weighted by Gasteiger charge is -2.08. The minimum Gasteiger partial charge on any atom is -0.316 e. The Morgan fingerprint density at radius 1 is 1.53 bits per heavy atom. The Morgan fingerprint density at radius 3 is 3.06 bits per heavy atom. The highest BCUT2D eigenvalue weighted by molar-refractivity contribution is 5.96. The molecule has 0 amide bonds. The van der Waals surface area contributed by atoms with Crippen molar-refractivity contribution in [1.29, 1.82) is 0 Å². The molecule has 1 aromatic carbocycles. The summed E-state index contributed by atoms with van der Waals surface area (Å²) in [6.07, 6.45) is 2.44. The molecule has 1 unspecified atom stereocenters. The van der Waals surface area contributed by atoms with Crippen LogP contribution in [0.1, 0.15) is 35.2 Å². The van der Waals surface area contributed by atoms with Crippen LogP contribution in [0.15, 0.2) is 18.2 Å². The van der Waals surface area contributed by atoms with Gasteiger partial charge in [-0.25, -0.2) is 4.39 Å². The Hall–Kier alpha value is -1.22. The molecule has 0 spiro atoms. The number of carbonyl (C=O) groups is 1. The predicted molar refractivity (Wildman–Crippen MR) is 65.7 cm³/mol. The molecule has 3 heteroatoms. The SMILES string of the molecule is Cc1ccc(F)c(C(=O)CCC2CCNC2)c1. The Labute approximate surface area is 101 Å². The number of benzene rings is 1. The molecule has 2 rings (SSSR count). The smallest absolute Gasteiger partial charge is 0.165 e. The molecule has 0 radical (unpaired) electrons. The fraction of sp³-hybridized carbons (Fsp3) is 0.500. The van der Waals surface area contributed by atoms with Crippen molar-refractivity contribution in [3.8, 4) is 0 Å². The summed E-state index contributed by atoms with van der Waals surface area (Å²) in [6, 6.07) is 4.71. The Kier molecular flexibility index (Phi) is 3.89. The molecule has 0 aliphatic carbocycles. The zero-order chi connectivity index (χ0) is 12.3. The summed E-state index contributed by atoms with van der Waals surface area (Å²) in [4.78, 5) is 11.9. The highest BCUT2D eigenvalue weighted by atomic mass is 19.1. The van der Waals surface area contributed by atoms with Gasteiger partial charge in [0.15, 0.2) is 5.78 Å². The van der Waals surface area contributed by atoms with Crippen LogP contribution in [0.2, 0.25) is 0 Å². The predicted octanol–water partition coefficient (Wildman–Crippen LogP) is 2.71. The summed E-state index contributed by atoms with van der Waals surface area (Å²) in [5.74, 6) is 0.107. The second kappa shape index (κ2) is 5.41. The first-order valence-electron chi connectivity index (χ1n) is 6.17. The van der Waals surface area contributed by atoms with Crippen LogP contribution in [0.4, 0.5) is 4.39 Å². The molecule has 1 saturated heterocycles. The van der Waals surface area contributed by atoms with E-state index in [0.29, 0.717) is 12.3 Å². The number of rotatable bonds is 4. The molecule has 1 fully saturated rings. The van der Waals surface area contributed by atoms with Crippen LogP contribution in [0.25, 0.3) is 0 Å². The minimum atomic E-state index is -0.398. The van der Waals surface area contributed by atoms with Crippen molar-refractivity contribution >= 4 is 5.78 Å². The molecule has 1 atom stereocenters. The summed E-state index contributed by atoms with van der Waals surface area (Å²) in [7, 11) is 0. The normalized spacial score (nSPS) is 19.5. The van der Waals surface area contributed by atoms with E-state index in [-0.39, 0.29) is 11.3 Å². The Balaban J connectivity index is 1.96. The zero-order valence-electron chi connectivity index (χ0n) is 10.1. The fourth-order valence-corrected chi connectivity index (χ4v) is 2.28. The first-order chi connectivity index (χ1) is 8.16. The maximum atomic E-state index is 13.5. The van der Waals surface area contributed by atoms with Crippen LogP contribution >= 0.6 is 0 Å². The second-order valence-electron chi connectivity index (χ2n) is 4.80. The van der Waals surface area contributed by atoms with E-state index < -0.39 is 5.82 Å². The maximum Gasteiger partial charge on any atom is 0.165 e. The van der Waals surface area contributed by atoms with Gasteiger partial charge in [-0.05, 0) is 50.9 Å². The lowest BCUT2D eigenvalue weighted by molar-refractivity contribution is 0.0970. The maximum absolute atomic E-state index is 13.5. The van der Waals surface area contributed by atoms with Gasteiger partial charge in [-0.1, -0.05) is 11.6 Å². The Morgan fingerprint density at radius 2 is 2.35 bits per heavy atom. The van der Waals surface area contributed by atoms with Gasteiger partial charge in [0, 0.05) is 6.42 Å². The average Bonchev–Trinajstić information content (AvgIpc) is 2.82. The minimum absolute atomic E-state index is 0.0712. The molecule has 2 nitrogen and oxygen atoms in total. The third kappa shape index (κ3) is 3.13. The molecule has 0 bridgehead atoms. The van der Waals surface area contributed by atoms with Gasteiger partial charge in [0.25, 0.3) is 0 Å². The molecule has 17 heavy (non-hydrogen) atoms. The molecule has 0 saturated carbocycles. The summed E-state index contributed by atoms with van der Waals surface area (Å²) in [6.45, 7) is 3.90. The van der Waals surface area contributed by atoms with Crippen molar-refractivity contribution in [1.82, 2.24) is 5.32 Å². The molecule has 92 valence electrons. The topological polar surface area (TPSA) is 29.1 Å². The van der Waals surface area contributed by atoms with E-state index in [2.05, 4.69) is 5.32 Å². The van der Waals surface area contributed by atoms with Gasteiger partial charge < -0.3 is 5.32 Å². The van der Waals surface area contributed by atoms with Gasteiger partial charge in [-0.3, -0.25) is 4.79 Å². The Bertz CT molecular complexity index is 411. The molecular weight excluding hydrogens is 217 g/mol. The summed E-state index contributed by atoms with van der Waals surface area (Å²) >= 11 is 0. The number of Topliss-reactive ketones (excluding diaryl/α,β-unsaturated/α-hetero) is 1. The fourth-order valence-electron chi connectivity index (χ4n) is 2.28. The molecule has 1 aliphatic rings. The number of hydrogen-bond acceptors (Lipinski definition) is 2. The first kappa shape index (κ1) is 12.2. The van der Waals surface area contributed by atoms with Crippen molar-refractivity contribution in [2.45, 2.75) is 26.2 Å². The largest absolute Gasteiger partial charge is 0.316 e. The van der Waals surface area contributed by atoms with Crippen LogP contribution < -0.4 is 5.32 Å². The van der Waals surface area contributed by atoms with Crippen molar-refractivity contribution in [2.75, 3.05) is 13.1 Å². The third-order valence-electron chi connectivity index (χ3n) is 3.36. The van der Waals surface area contributed by atoms with Gasteiger partial charge in [0.1, 0.15) is 5.82 Å². The first-order valence-corrected chi connectivity index (χ1v) is 6.17. The summed E-state index contributed by atoms with van der Waals surface area (Å²) in [5.41, 5.74) is 1.17. The van der Waals surface area contributed by atoms with Gasteiger partial charge in [0.05, 0.1) is 5.56 Å². The summed E-state index contributed by atoms with van der Waals surface area (Å²) < 4.78 is 13.5. The number of nitrogens with one attached hydrogen (secondary N) is 1. The van der Waals surface area contributed by atoms with Crippen LogP contribution in [0.3, 0.4) is 0 Å². The van der Waals surface area contributed by atoms with E-state index in [1.165, 1.54) is 6.07 Å². The third-order valence-corrected chi connectivity index (χ3v) is 3.36. The molecule has 0 aromatic heterocycles. The van der Waals surface area contributed by atoms with E-state index in [0.717, 1.165) is 31.5 Å². The number of carbonyl (C=O) groups excluding carboxylic acids is 1. The van der Waals surface area contributed by atoms with Crippen LogP contribution in [-0.4, -0.2) is 18.9 Å². The highest BCUT2D eigenvalue weighted by Gasteiger charge is 2.17. The van der Waals surface area contributed by atoms with E-state index in [1.807, 2.05) is 6.92 Å². The van der Waals surface area contributed by atoms with Gasteiger partial charge in [-0.2, -0.15) is 0 Å². The number of aryl methyl sites for hydroxylation is 1. The molecule has 1 N–H and O–H groups in total. The summed E-state index contributed by atoms with van der Waals surface area (Å²) in [5, 5.41) is 3.27. The van der Waals surface area contributed by atoms with Crippen LogP contribution in [0, 0.1) is 18.7 Å². The van der Waals surface area contributed by atoms with Gasteiger partial charge in [0.2, 0.25) is 0 Å². The lowest BCUT2D eigenvalue weighted by atomic mass is 9.97. The number of halogens is 1.